The predicted octanol–water partition coefficient (Wildman–Crippen LogP) is 2.69. The highest BCUT2D eigenvalue weighted by atomic mass is 16.5. The molecule has 17 heavy (non-hydrogen) atoms. The molecule has 1 N–H and O–H groups in total. The Morgan fingerprint density at radius 3 is 2.88 bits per heavy atom. The third kappa shape index (κ3) is 3.02. The summed E-state index contributed by atoms with van der Waals surface area (Å²) >= 11 is 0. The molecular weight excluding hydrogens is 214 g/mol. The third-order valence-electron chi connectivity index (χ3n) is 2.60. The van der Waals surface area contributed by atoms with Crippen LogP contribution in [0.5, 0.6) is 0 Å². The molecule has 90 valence electrons. The van der Waals surface area contributed by atoms with Gasteiger partial charge in [-0.15, -0.1) is 0 Å². The van der Waals surface area contributed by atoms with Gasteiger partial charge in [-0.25, -0.2) is 0 Å². The topological polar surface area (TPSA) is 42.4 Å². The van der Waals surface area contributed by atoms with Gasteiger partial charge in [0.25, 0.3) is 0 Å². The van der Waals surface area contributed by atoms with Crippen LogP contribution in [-0.4, -0.2) is 22.8 Å². The summed E-state index contributed by atoms with van der Waals surface area (Å²) in [5.74, 6) is 0. The van der Waals surface area contributed by atoms with Crippen LogP contribution < -0.4 is 0 Å². The number of pyridine rings is 1. The number of rotatable bonds is 4. The lowest BCUT2D eigenvalue weighted by molar-refractivity contribution is 0.00498. The van der Waals surface area contributed by atoms with Gasteiger partial charge in [-0.1, -0.05) is 12.1 Å². The van der Waals surface area contributed by atoms with Crippen LogP contribution in [0.25, 0.3) is 10.9 Å². The van der Waals surface area contributed by atoms with Crippen molar-refractivity contribution in [3.8, 4) is 0 Å². The maximum Gasteiger partial charge on any atom is 0.102 e. The molecule has 3 heteroatoms. The highest BCUT2D eigenvalue weighted by Gasteiger charge is 2.09. The average Bonchev–Trinajstić information content (AvgIpc) is 2.35. The van der Waals surface area contributed by atoms with Crippen LogP contribution in [0.4, 0.5) is 0 Å². The summed E-state index contributed by atoms with van der Waals surface area (Å²) in [4.78, 5) is 4.24. The van der Waals surface area contributed by atoms with Gasteiger partial charge in [-0.05, 0) is 37.6 Å². The first-order chi connectivity index (χ1) is 8.16. The van der Waals surface area contributed by atoms with Crippen LogP contribution in [0.1, 0.15) is 25.5 Å². The number of hydrogen-bond donors (Lipinski definition) is 1. The number of hydrogen-bond acceptors (Lipinski definition) is 3. The van der Waals surface area contributed by atoms with Crippen molar-refractivity contribution >= 4 is 10.9 Å². The van der Waals surface area contributed by atoms with E-state index in [0.717, 1.165) is 16.5 Å². The van der Waals surface area contributed by atoms with Gasteiger partial charge in [0, 0.05) is 11.6 Å². The number of ether oxygens (including phenoxy) is 1. The molecule has 1 aromatic carbocycles. The summed E-state index contributed by atoms with van der Waals surface area (Å²) in [6.07, 6.45) is 1.31. The molecule has 2 rings (SSSR count). The minimum Gasteiger partial charge on any atom is -0.386 e. The van der Waals surface area contributed by atoms with Crippen LogP contribution >= 0.6 is 0 Å². The van der Waals surface area contributed by atoms with Crippen molar-refractivity contribution < 1.29 is 9.84 Å². The van der Waals surface area contributed by atoms with Crippen LogP contribution in [-0.2, 0) is 4.74 Å². The quantitative estimate of drug-likeness (QED) is 0.879. The minimum absolute atomic E-state index is 0.131. The first-order valence-corrected chi connectivity index (χ1v) is 5.81. The van der Waals surface area contributed by atoms with Gasteiger partial charge in [-0.3, -0.25) is 4.98 Å². The van der Waals surface area contributed by atoms with Gasteiger partial charge < -0.3 is 9.84 Å². The highest BCUT2D eigenvalue weighted by Crippen LogP contribution is 2.19. The van der Waals surface area contributed by atoms with E-state index in [1.54, 1.807) is 6.20 Å². The lowest BCUT2D eigenvalue weighted by Crippen LogP contribution is -2.11. The molecule has 0 saturated heterocycles. The molecule has 2 aromatic rings. The minimum atomic E-state index is -0.581. The van der Waals surface area contributed by atoms with Crippen molar-refractivity contribution in [2.75, 3.05) is 6.61 Å². The van der Waals surface area contributed by atoms with Gasteiger partial charge >= 0.3 is 0 Å². The van der Waals surface area contributed by atoms with Gasteiger partial charge in [-0.2, -0.15) is 0 Å². The number of fused-ring (bicyclic) bond motifs is 1. The molecular formula is C14H17NO2. The summed E-state index contributed by atoms with van der Waals surface area (Å²) in [6, 6.07) is 9.65. The van der Waals surface area contributed by atoms with Crippen molar-refractivity contribution in [2.45, 2.75) is 26.1 Å². The van der Waals surface area contributed by atoms with Crippen LogP contribution in [0.2, 0.25) is 0 Å². The van der Waals surface area contributed by atoms with Crippen LogP contribution in [0, 0.1) is 0 Å². The molecule has 0 fully saturated rings. The van der Waals surface area contributed by atoms with Crippen molar-refractivity contribution in [1.29, 1.82) is 0 Å². The second-order valence-electron chi connectivity index (χ2n) is 4.35. The Kier molecular flexibility index (Phi) is 3.71. The third-order valence-corrected chi connectivity index (χ3v) is 2.60. The van der Waals surface area contributed by atoms with E-state index in [2.05, 4.69) is 4.98 Å². The van der Waals surface area contributed by atoms with E-state index in [1.807, 2.05) is 44.2 Å². The predicted molar refractivity (Wildman–Crippen MR) is 67.8 cm³/mol. The monoisotopic (exact) mass is 231 g/mol. The Hall–Kier alpha value is -1.45. The van der Waals surface area contributed by atoms with Gasteiger partial charge in [0.05, 0.1) is 18.2 Å². The molecule has 1 aromatic heterocycles. The van der Waals surface area contributed by atoms with E-state index < -0.39 is 6.10 Å². The SMILES string of the molecule is CC(C)OCC(O)c1ccc2ncccc2c1. The molecule has 0 bridgehead atoms. The largest absolute Gasteiger partial charge is 0.386 e. The Labute approximate surface area is 101 Å². The molecule has 1 unspecified atom stereocenters. The van der Waals surface area contributed by atoms with E-state index >= 15 is 0 Å². The molecule has 0 aliphatic heterocycles. The number of aromatic nitrogens is 1. The second-order valence-corrected chi connectivity index (χ2v) is 4.35. The van der Waals surface area contributed by atoms with Gasteiger partial charge in [0.1, 0.15) is 6.10 Å². The Morgan fingerprint density at radius 1 is 1.29 bits per heavy atom. The molecule has 0 aliphatic rings. The van der Waals surface area contributed by atoms with Crippen molar-refractivity contribution in [3.05, 3.63) is 42.1 Å². The average molecular weight is 231 g/mol. The van der Waals surface area contributed by atoms with Crippen molar-refractivity contribution in [3.63, 3.8) is 0 Å². The van der Waals surface area contributed by atoms with E-state index in [4.69, 9.17) is 4.74 Å². The lowest BCUT2D eigenvalue weighted by atomic mass is 10.1. The summed E-state index contributed by atoms with van der Waals surface area (Å²) < 4.78 is 5.40. The molecule has 0 saturated carbocycles. The number of benzene rings is 1. The molecule has 1 heterocycles. The normalized spacial score (nSPS) is 13.2. The summed E-state index contributed by atoms with van der Waals surface area (Å²) in [6.45, 7) is 4.23. The van der Waals surface area contributed by atoms with E-state index in [-0.39, 0.29) is 6.10 Å². The number of aliphatic hydroxyl groups excluding tert-OH is 1. The number of aliphatic hydroxyl groups is 1. The molecule has 3 nitrogen and oxygen atoms in total. The van der Waals surface area contributed by atoms with Gasteiger partial charge in [0.2, 0.25) is 0 Å². The fraction of sp³-hybridized carbons (Fsp3) is 0.357. The van der Waals surface area contributed by atoms with Crippen LogP contribution in [0.15, 0.2) is 36.5 Å². The van der Waals surface area contributed by atoms with E-state index in [1.165, 1.54) is 0 Å². The Bertz CT molecular complexity index is 496. The first-order valence-electron chi connectivity index (χ1n) is 5.81. The van der Waals surface area contributed by atoms with E-state index in [9.17, 15) is 5.11 Å². The zero-order chi connectivity index (χ0) is 12.3. The maximum absolute atomic E-state index is 9.98. The van der Waals surface area contributed by atoms with Crippen LogP contribution in [0.3, 0.4) is 0 Å². The molecule has 1 atom stereocenters. The standard InChI is InChI=1S/C14H17NO2/c1-10(2)17-9-14(16)12-5-6-13-11(8-12)4-3-7-15-13/h3-8,10,14,16H,9H2,1-2H3. The molecule has 0 aliphatic carbocycles. The van der Waals surface area contributed by atoms with Crippen molar-refractivity contribution in [2.24, 2.45) is 0 Å². The lowest BCUT2D eigenvalue weighted by Gasteiger charge is -2.14. The van der Waals surface area contributed by atoms with Gasteiger partial charge in [0.15, 0.2) is 0 Å². The molecule has 0 amide bonds. The second kappa shape index (κ2) is 5.25. The number of nitrogens with zero attached hydrogens (tertiary/aromatic N) is 1. The summed E-state index contributed by atoms with van der Waals surface area (Å²) in [7, 11) is 0. The first kappa shape index (κ1) is 12.0. The van der Waals surface area contributed by atoms with Crippen molar-refractivity contribution in [1.82, 2.24) is 4.98 Å². The molecule has 0 radical (unpaired) electrons. The fourth-order valence-corrected chi connectivity index (χ4v) is 1.68. The summed E-state index contributed by atoms with van der Waals surface area (Å²) in [5, 5.41) is 11.0. The fourth-order valence-electron chi connectivity index (χ4n) is 1.68. The van der Waals surface area contributed by atoms with E-state index in [0.29, 0.717) is 6.61 Å². The summed E-state index contributed by atoms with van der Waals surface area (Å²) in [5.41, 5.74) is 1.80. The Balaban J connectivity index is 2.18. The smallest absolute Gasteiger partial charge is 0.102 e. The zero-order valence-corrected chi connectivity index (χ0v) is 10.1. The zero-order valence-electron chi connectivity index (χ0n) is 10.1. The highest BCUT2D eigenvalue weighted by molar-refractivity contribution is 5.78. The Morgan fingerprint density at radius 2 is 2.12 bits per heavy atom. The molecule has 0 spiro atoms. The maximum atomic E-state index is 9.98.